The highest BCUT2D eigenvalue weighted by Gasteiger charge is 2.16. The van der Waals surface area contributed by atoms with Crippen molar-refractivity contribution < 1.29 is 4.74 Å². The maximum atomic E-state index is 5.91. The van der Waals surface area contributed by atoms with E-state index in [1.807, 2.05) is 36.4 Å². The van der Waals surface area contributed by atoms with Crippen molar-refractivity contribution in [2.24, 2.45) is 0 Å². The molecular formula is C16H19N3O. The average Bonchev–Trinajstić information content (AvgIpc) is 2.49. The third kappa shape index (κ3) is 3.14. The SMILES string of the molecule is Nc1cc(-c2ccccc2)nc(CC2CCCCO2)n1. The second-order valence-corrected chi connectivity index (χ2v) is 5.15. The van der Waals surface area contributed by atoms with Gasteiger partial charge in [-0.3, -0.25) is 0 Å². The number of nitrogens with zero attached hydrogens (tertiary/aromatic N) is 2. The summed E-state index contributed by atoms with van der Waals surface area (Å²) >= 11 is 0. The van der Waals surface area contributed by atoms with Gasteiger partial charge in [0.1, 0.15) is 11.6 Å². The van der Waals surface area contributed by atoms with Crippen molar-refractivity contribution >= 4 is 5.82 Å². The van der Waals surface area contributed by atoms with Crippen LogP contribution in [0.4, 0.5) is 5.82 Å². The summed E-state index contributed by atoms with van der Waals surface area (Å²) in [5, 5.41) is 0. The molecule has 1 aromatic carbocycles. The van der Waals surface area contributed by atoms with Crippen molar-refractivity contribution in [2.75, 3.05) is 12.3 Å². The summed E-state index contributed by atoms with van der Waals surface area (Å²) in [5.74, 6) is 1.29. The monoisotopic (exact) mass is 269 g/mol. The van der Waals surface area contributed by atoms with Crippen molar-refractivity contribution in [3.63, 3.8) is 0 Å². The number of hydrogen-bond donors (Lipinski definition) is 1. The Morgan fingerprint density at radius 2 is 2.00 bits per heavy atom. The van der Waals surface area contributed by atoms with E-state index in [0.29, 0.717) is 5.82 Å². The largest absolute Gasteiger partial charge is 0.384 e. The van der Waals surface area contributed by atoms with Gasteiger partial charge >= 0.3 is 0 Å². The first-order valence-corrected chi connectivity index (χ1v) is 7.12. The number of hydrogen-bond acceptors (Lipinski definition) is 4. The Labute approximate surface area is 119 Å². The number of nitrogens with two attached hydrogens (primary N) is 1. The fourth-order valence-corrected chi connectivity index (χ4v) is 2.54. The molecule has 4 nitrogen and oxygen atoms in total. The predicted octanol–water partition coefficient (Wildman–Crippen LogP) is 2.84. The second kappa shape index (κ2) is 6.01. The molecule has 2 aromatic rings. The van der Waals surface area contributed by atoms with Crippen LogP contribution < -0.4 is 5.73 Å². The highest BCUT2D eigenvalue weighted by molar-refractivity contribution is 5.61. The van der Waals surface area contributed by atoms with Crippen molar-refractivity contribution in [1.82, 2.24) is 9.97 Å². The van der Waals surface area contributed by atoms with E-state index >= 15 is 0 Å². The van der Waals surface area contributed by atoms with E-state index in [0.717, 1.165) is 43.0 Å². The summed E-state index contributed by atoms with van der Waals surface area (Å²) in [6, 6.07) is 11.9. The van der Waals surface area contributed by atoms with E-state index in [2.05, 4.69) is 9.97 Å². The molecule has 3 rings (SSSR count). The molecule has 0 amide bonds. The molecule has 1 aliphatic heterocycles. The number of anilines is 1. The van der Waals surface area contributed by atoms with Gasteiger partial charge in [0.05, 0.1) is 11.8 Å². The lowest BCUT2D eigenvalue weighted by Crippen LogP contribution is -2.22. The number of rotatable bonds is 3. The van der Waals surface area contributed by atoms with Crippen LogP contribution in [0.2, 0.25) is 0 Å². The van der Waals surface area contributed by atoms with Gasteiger partial charge in [-0.1, -0.05) is 30.3 Å². The predicted molar refractivity (Wildman–Crippen MR) is 79.2 cm³/mol. The van der Waals surface area contributed by atoms with E-state index < -0.39 is 0 Å². The van der Waals surface area contributed by atoms with E-state index in [1.54, 1.807) is 0 Å². The molecule has 104 valence electrons. The number of benzene rings is 1. The highest BCUT2D eigenvalue weighted by atomic mass is 16.5. The van der Waals surface area contributed by atoms with Gasteiger partial charge in [-0.15, -0.1) is 0 Å². The van der Waals surface area contributed by atoms with Gasteiger partial charge in [0.15, 0.2) is 0 Å². The van der Waals surface area contributed by atoms with Crippen LogP contribution in [0, 0.1) is 0 Å². The van der Waals surface area contributed by atoms with Crippen LogP contribution in [0.3, 0.4) is 0 Å². The Bertz CT molecular complexity index is 565. The van der Waals surface area contributed by atoms with Crippen LogP contribution in [0.1, 0.15) is 25.1 Å². The van der Waals surface area contributed by atoms with Crippen molar-refractivity contribution in [1.29, 1.82) is 0 Å². The molecule has 0 aliphatic carbocycles. The molecule has 0 saturated carbocycles. The van der Waals surface area contributed by atoms with Crippen molar-refractivity contribution in [2.45, 2.75) is 31.8 Å². The molecule has 1 unspecified atom stereocenters. The Hall–Kier alpha value is -1.94. The lowest BCUT2D eigenvalue weighted by Gasteiger charge is -2.22. The number of nitrogen functional groups attached to an aromatic ring is 1. The molecule has 1 aromatic heterocycles. The summed E-state index contributed by atoms with van der Waals surface area (Å²) in [7, 11) is 0. The standard InChI is InChI=1S/C16H19N3O/c17-15-11-14(12-6-2-1-3-7-12)18-16(19-15)10-13-8-4-5-9-20-13/h1-3,6-7,11,13H,4-5,8-10H2,(H2,17,18,19). The molecule has 4 heteroatoms. The number of aromatic nitrogens is 2. The molecule has 0 radical (unpaired) electrons. The molecule has 1 fully saturated rings. The first kappa shape index (κ1) is 13.1. The van der Waals surface area contributed by atoms with E-state index in [1.165, 1.54) is 6.42 Å². The van der Waals surface area contributed by atoms with Gasteiger partial charge in [-0.25, -0.2) is 9.97 Å². The molecule has 0 spiro atoms. The molecule has 20 heavy (non-hydrogen) atoms. The molecular weight excluding hydrogens is 250 g/mol. The Morgan fingerprint density at radius 3 is 2.75 bits per heavy atom. The van der Waals surface area contributed by atoms with Crippen LogP contribution in [-0.2, 0) is 11.2 Å². The lowest BCUT2D eigenvalue weighted by atomic mass is 10.1. The summed E-state index contributed by atoms with van der Waals surface area (Å²) < 4.78 is 5.75. The minimum Gasteiger partial charge on any atom is -0.384 e. The van der Waals surface area contributed by atoms with Gasteiger partial charge in [-0.05, 0) is 19.3 Å². The molecule has 1 saturated heterocycles. The molecule has 1 atom stereocenters. The summed E-state index contributed by atoms with van der Waals surface area (Å²) in [6.07, 6.45) is 4.43. The van der Waals surface area contributed by atoms with E-state index in [-0.39, 0.29) is 6.10 Å². The van der Waals surface area contributed by atoms with Gasteiger partial charge in [0.2, 0.25) is 0 Å². The maximum absolute atomic E-state index is 5.91. The van der Waals surface area contributed by atoms with Gasteiger partial charge in [-0.2, -0.15) is 0 Å². The zero-order valence-electron chi connectivity index (χ0n) is 11.5. The zero-order chi connectivity index (χ0) is 13.8. The Balaban J connectivity index is 1.83. The van der Waals surface area contributed by atoms with Gasteiger partial charge in [0, 0.05) is 24.7 Å². The maximum Gasteiger partial charge on any atom is 0.134 e. The van der Waals surface area contributed by atoms with Gasteiger partial charge < -0.3 is 10.5 Å². The average molecular weight is 269 g/mol. The van der Waals surface area contributed by atoms with Crippen LogP contribution in [-0.4, -0.2) is 22.7 Å². The topological polar surface area (TPSA) is 61.0 Å². The van der Waals surface area contributed by atoms with Crippen molar-refractivity contribution in [3.05, 3.63) is 42.2 Å². The summed E-state index contributed by atoms with van der Waals surface area (Å²) in [4.78, 5) is 8.97. The Kier molecular flexibility index (Phi) is 3.92. The van der Waals surface area contributed by atoms with Crippen LogP contribution >= 0.6 is 0 Å². The second-order valence-electron chi connectivity index (χ2n) is 5.15. The lowest BCUT2D eigenvalue weighted by molar-refractivity contribution is 0.0157. The first-order chi connectivity index (χ1) is 9.81. The smallest absolute Gasteiger partial charge is 0.134 e. The first-order valence-electron chi connectivity index (χ1n) is 7.12. The minimum atomic E-state index is 0.231. The minimum absolute atomic E-state index is 0.231. The van der Waals surface area contributed by atoms with Gasteiger partial charge in [0.25, 0.3) is 0 Å². The fourth-order valence-electron chi connectivity index (χ4n) is 2.54. The van der Waals surface area contributed by atoms with Crippen LogP contribution in [0.25, 0.3) is 11.3 Å². The Morgan fingerprint density at radius 1 is 1.15 bits per heavy atom. The quantitative estimate of drug-likeness (QED) is 0.930. The molecule has 2 heterocycles. The van der Waals surface area contributed by atoms with Crippen LogP contribution in [0.5, 0.6) is 0 Å². The highest BCUT2D eigenvalue weighted by Crippen LogP contribution is 2.21. The van der Waals surface area contributed by atoms with E-state index in [9.17, 15) is 0 Å². The molecule has 0 bridgehead atoms. The molecule has 1 aliphatic rings. The summed E-state index contributed by atoms with van der Waals surface area (Å²) in [6.45, 7) is 0.846. The van der Waals surface area contributed by atoms with Crippen LogP contribution in [0.15, 0.2) is 36.4 Å². The molecule has 2 N–H and O–H groups in total. The third-order valence-electron chi connectivity index (χ3n) is 3.55. The zero-order valence-corrected chi connectivity index (χ0v) is 11.5. The van der Waals surface area contributed by atoms with Crippen molar-refractivity contribution in [3.8, 4) is 11.3 Å². The van der Waals surface area contributed by atoms with E-state index in [4.69, 9.17) is 10.5 Å². The normalized spacial score (nSPS) is 18.9. The third-order valence-corrected chi connectivity index (χ3v) is 3.55. The fraction of sp³-hybridized carbons (Fsp3) is 0.375. The number of ether oxygens (including phenoxy) is 1. The summed E-state index contributed by atoms with van der Waals surface area (Å²) in [5.41, 5.74) is 7.85.